The van der Waals surface area contributed by atoms with E-state index in [0.29, 0.717) is 39.3 Å². The molecule has 1 aliphatic heterocycles. The van der Waals surface area contributed by atoms with Crippen LogP contribution in [0.4, 0.5) is 22.7 Å². The van der Waals surface area contributed by atoms with E-state index in [2.05, 4.69) is 208 Å². The minimum atomic E-state index is -2.50. The number of benzene rings is 8. The van der Waals surface area contributed by atoms with Crippen molar-refractivity contribution >= 4 is 50.6 Å². The van der Waals surface area contributed by atoms with Gasteiger partial charge in [0.05, 0.1) is 28.2 Å². The Hall–Kier alpha value is -8.11. The van der Waals surface area contributed by atoms with Gasteiger partial charge in [0.15, 0.2) is 0 Å². The van der Waals surface area contributed by atoms with Crippen molar-refractivity contribution in [3.05, 3.63) is 215 Å². The van der Waals surface area contributed by atoms with E-state index < -0.39 is 13.7 Å². The van der Waals surface area contributed by atoms with Gasteiger partial charge in [-0.1, -0.05) is 187 Å². The average molecular weight is 1070 g/mol. The number of ether oxygens (including phenoxy) is 1. The summed E-state index contributed by atoms with van der Waals surface area (Å²) in [6.07, 6.45) is 3.77. The first-order valence-corrected chi connectivity index (χ1v) is 28.6. The third-order valence-corrected chi connectivity index (χ3v) is 17.2. The van der Waals surface area contributed by atoms with Crippen molar-refractivity contribution in [2.75, 3.05) is 0 Å². The van der Waals surface area contributed by atoms with Gasteiger partial charge in [-0.3, -0.25) is 4.57 Å². The van der Waals surface area contributed by atoms with Gasteiger partial charge in [0.1, 0.15) is 17.3 Å². The average Bonchev–Trinajstić information content (AvgIpc) is 1.83. The van der Waals surface area contributed by atoms with Crippen molar-refractivity contribution in [1.82, 2.24) is 18.7 Å². The van der Waals surface area contributed by atoms with Gasteiger partial charge in [-0.2, -0.15) is 0 Å². The largest absolute Gasteiger partial charge is 0.503 e. The van der Waals surface area contributed by atoms with Gasteiger partial charge in [0.25, 0.3) is 11.4 Å². The molecule has 0 saturated heterocycles. The van der Waals surface area contributed by atoms with Crippen molar-refractivity contribution in [3.63, 3.8) is 0 Å². The lowest BCUT2D eigenvalue weighted by Gasteiger charge is -2.42. The van der Waals surface area contributed by atoms with Gasteiger partial charge < -0.3 is 4.74 Å². The second kappa shape index (κ2) is 19.3. The van der Waals surface area contributed by atoms with Crippen LogP contribution in [-0.2, 0) is 27.1 Å². The number of rotatable bonds is 8. The van der Waals surface area contributed by atoms with Crippen molar-refractivity contribution in [2.24, 2.45) is 0 Å². The molecule has 8 aromatic carbocycles. The van der Waals surface area contributed by atoms with E-state index in [-0.39, 0.29) is 38.2 Å². The maximum Gasteiger partial charge on any atom is 0.503 e. The number of hydrogen-bond acceptors (Lipinski definition) is 2. The van der Waals surface area contributed by atoms with Crippen LogP contribution in [0.3, 0.4) is 0 Å². The van der Waals surface area contributed by atoms with Crippen LogP contribution in [0.25, 0.3) is 61.0 Å². The molecule has 1 aliphatic carbocycles. The Bertz CT molecular complexity index is 4460. The molecule has 81 heavy (non-hydrogen) atoms. The topological polar surface area (TPSA) is 33.1 Å². The fourth-order valence-electron chi connectivity index (χ4n) is 12.1. The minimum Gasteiger partial charge on any atom is -0.457 e. The van der Waals surface area contributed by atoms with Crippen LogP contribution in [0, 0.1) is 13.7 Å². The minimum absolute atomic E-state index is 0.00492. The smallest absolute Gasteiger partial charge is 0.457 e. The van der Waals surface area contributed by atoms with E-state index in [4.69, 9.17) is 17.9 Å². The Morgan fingerprint density at radius 2 is 1.15 bits per heavy atom. The highest BCUT2D eigenvalue weighted by molar-refractivity contribution is 6.10. The van der Waals surface area contributed by atoms with Crippen LogP contribution in [0.15, 0.2) is 176 Å². The Kier molecular flexibility index (Phi) is 11.1. The Balaban J connectivity index is 1.01. The highest BCUT2D eigenvalue weighted by Crippen LogP contribution is 2.50. The second-order valence-electron chi connectivity index (χ2n) is 27.1. The van der Waals surface area contributed by atoms with Crippen LogP contribution < -0.4 is 13.9 Å². The fourth-order valence-corrected chi connectivity index (χ4v) is 12.1. The van der Waals surface area contributed by atoms with E-state index in [9.17, 15) is 0 Å². The monoisotopic (exact) mass is 1070 g/mol. The first kappa shape index (κ1) is 46.6. The number of fused-ring (bicyclic) bond motifs is 5. The second-order valence-corrected chi connectivity index (χ2v) is 27.1. The molecular formula is C76H78N4O+2. The third kappa shape index (κ3) is 9.74. The summed E-state index contributed by atoms with van der Waals surface area (Å²) in [4.78, 5) is 5.07. The lowest BCUT2D eigenvalue weighted by Crippen LogP contribution is -2.33. The quantitative estimate of drug-likeness (QED) is 0.142. The zero-order valence-corrected chi connectivity index (χ0v) is 49.4. The molecule has 5 heteroatoms. The molecule has 0 atom stereocenters. The number of aryl methyl sites for hydroxylation is 2. The van der Waals surface area contributed by atoms with Crippen LogP contribution in [0.2, 0.25) is 0 Å². The van der Waals surface area contributed by atoms with Gasteiger partial charge in [0, 0.05) is 55.0 Å². The van der Waals surface area contributed by atoms with E-state index in [0.717, 1.165) is 68.8 Å². The van der Waals surface area contributed by atoms with E-state index in [1.165, 1.54) is 27.8 Å². The molecule has 0 saturated carbocycles. The molecule has 10 aromatic rings. The normalized spacial score (nSPS) is 16.3. The molecule has 0 radical (unpaired) electrons. The summed E-state index contributed by atoms with van der Waals surface area (Å²) in [7, 11) is 0. The molecule has 2 aromatic heterocycles. The van der Waals surface area contributed by atoms with Gasteiger partial charge in [-0.25, -0.2) is 4.98 Å². The molecule has 0 N–H and O–H groups in total. The summed E-state index contributed by atoms with van der Waals surface area (Å²) >= 11 is 0. The zero-order valence-electron chi connectivity index (χ0n) is 55.4. The molecule has 3 heterocycles. The van der Waals surface area contributed by atoms with Crippen LogP contribution in [-0.4, -0.2) is 15.6 Å². The highest BCUT2D eigenvalue weighted by atomic mass is 16.5. The summed E-state index contributed by atoms with van der Waals surface area (Å²) in [6.45, 7) is 24.8. The van der Waals surface area contributed by atoms with Crippen molar-refractivity contribution in [2.45, 2.75) is 144 Å². The molecule has 0 unspecified atom stereocenters. The first-order valence-electron chi connectivity index (χ1n) is 31.6. The van der Waals surface area contributed by atoms with E-state index in [1.54, 1.807) is 30.5 Å². The number of pyridine rings is 1. The number of hydrogen-bond donors (Lipinski definition) is 0. The van der Waals surface area contributed by atoms with Gasteiger partial charge >= 0.3 is 6.01 Å². The summed E-state index contributed by atoms with van der Waals surface area (Å²) in [5.41, 5.74) is 17.2. The Morgan fingerprint density at radius 1 is 0.506 bits per heavy atom. The third-order valence-electron chi connectivity index (χ3n) is 17.2. The van der Waals surface area contributed by atoms with E-state index in [1.807, 2.05) is 47.0 Å². The lowest BCUT2D eigenvalue weighted by molar-refractivity contribution is 0.332. The van der Waals surface area contributed by atoms with Crippen LogP contribution in [0.5, 0.6) is 11.5 Å². The standard InChI is InChI=1S/C76H78N4O/c1-48-28-33-66-62(36-48)59-31-30-58(45-69(59)80(66)70-37-49(2)63(46-77-70)51-29-32-64-65(40-51)76(14,15)35-34-75(64,12)13)81-57-25-21-24-56(44-57)78-47-79(68-27-20-19-26-67(68)78)71-60(50-22-17-16-18-23-50)42-55(74(9,10)11)43-61(71)52-38-53(72(3,4)5)41-54(39-52)73(6,7)8/h16-33,36-46H,34-35H2,1-15H3/q+2/i1D3,2D3. The van der Waals surface area contributed by atoms with E-state index >= 15 is 0 Å². The predicted octanol–water partition coefficient (Wildman–Crippen LogP) is 20.7. The maximum absolute atomic E-state index is 8.94. The Morgan fingerprint density at radius 3 is 1.83 bits per heavy atom. The van der Waals surface area contributed by atoms with Gasteiger partial charge in [0.2, 0.25) is 11.4 Å². The molecule has 0 bridgehead atoms. The zero-order chi connectivity index (χ0) is 62.1. The first-order chi connectivity index (χ1) is 40.7. The van der Waals surface area contributed by atoms with Gasteiger partial charge in [-0.15, -0.1) is 0 Å². The van der Waals surface area contributed by atoms with Crippen molar-refractivity contribution in [1.29, 1.82) is 0 Å². The van der Waals surface area contributed by atoms with Gasteiger partial charge in [-0.05, 0) is 161 Å². The SMILES string of the molecule is [2H]C([2H])([2H])c1ccc2c(c1)c1ccc(Oc3cccc([N+]4=C=[N+](c5c(-c6ccccc6)cc(C(C)(C)C)cc5-c5cc(C(C)(C)C)cc(C(C)(C)C)c5)c5ccccc54)c3)cc1n2-c1cc(C([2H])([2H])[2H])c(-c2ccc3c(c2)C(C)(C)CCC3(C)C)cn1. The van der Waals surface area contributed by atoms with Crippen molar-refractivity contribution in [3.8, 4) is 50.7 Å². The predicted molar refractivity (Wildman–Crippen MR) is 343 cm³/mol. The summed E-state index contributed by atoms with van der Waals surface area (Å²) in [6, 6.07) is 61.9. The summed E-state index contributed by atoms with van der Waals surface area (Å²) in [5.74, 6) is 1.48. The highest BCUT2D eigenvalue weighted by Gasteiger charge is 2.41. The summed E-state index contributed by atoms with van der Waals surface area (Å²) < 4.78 is 65.0. The number of nitrogens with zero attached hydrogens (tertiary/aromatic N) is 4. The van der Waals surface area contributed by atoms with Crippen molar-refractivity contribution < 1.29 is 13.0 Å². The lowest BCUT2D eigenvalue weighted by atomic mass is 9.63. The Labute approximate surface area is 489 Å². The molecule has 5 nitrogen and oxygen atoms in total. The number of para-hydroxylation sites is 2. The van der Waals surface area contributed by atoms with Crippen LogP contribution in [0.1, 0.15) is 150 Å². The fraction of sp³-hybridized carbons (Fsp3) is 0.289. The molecule has 0 amide bonds. The molecule has 0 spiro atoms. The molecule has 12 rings (SSSR count). The molecule has 406 valence electrons. The summed E-state index contributed by atoms with van der Waals surface area (Å²) in [5, 5.41) is 1.46. The molecular weight excluding hydrogens is 985 g/mol. The number of aromatic nitrogens is 2. The maximum atomic E-state index is 8.94. The van der Waals surface area contributed by atoms with Crippen LogP contribution >= 0.6 is 0 Å². The molecule has 0 fully saturated rings. The molecule has 2 aliphatic rings.